The fraction of sp³-hybridized carbons (Fsp3) is 0.636. The summed E-state index contributed by atoms with van der Waals surface area (Å²) in [5, 5.41) is 2.48. The van der Waals surface area contributed by atoms with Crippen LogP contribution < -0.4 is 5.32 Å². The van der Waals surface area contributed by atoms with E-state index < -0.39 is 23.2 Å². The molecule has 0 aliphatic carbocycles. The van der Waals surface area contributed by atoms with Gasteiger partial charge in [-0.05, 0) is 49.9 Å². The number of piperazine rings is 1. The SMILES string of the molecule is CC(C)C1CN(C(=O)OC(C)(C)C)CCN1Cc1cc2c(c(C(F)(F)F)c1)CNC2=O. The largest absolute Gasteiger partial charge is 0.444 e. The quantitative estimate of drug-likeness (QED) is 0.770. The molecule has 1 aromatic rings. The van der Waals surface area contributed by atoms with Crippen molar-refractivity contribution in [1.82, 2.24) is 15.1 Å². The third kappa shape index (κ3) is 5.31. The Morgan fingerprint density at radius 2 is 1.90 bits per heavy atom. The van der Waals surface area contributed by atoms with Gasteiger partial charge in [-0.2, -0.15) is 13.2 Å². The van der Waals surface area contributed by atoms with Gasteiger partial charge in [0.1, 0.15) is 5.60 Å². The monoisotopic (exact) mass is 441 g/mol. The third-order valence-electron chi connectivity index (χ3n) is 5.63. The van der Waals surface area contributed by atoms with Crippen molar-refractivity contribution in [1.29, 1.82) is 0 Å². The van der Waals surface area contributed by atoms with Crippen molar-refractivity contribution in [3.8, 4) is 0 Å². The minimum atomic E-state index is -4.53. The van der Waals surface area contributed by atoms with Crippen LogP contribution in [-0.4, -0.2) is 53.1 Å². The molecular weight excluding hydrogens is 411 g/mol. The Morgan fingerprint density at radius 3 is 2.48 bits per heavy atom. The highest BCUT2D eigenvalue weighted by Gasteiger charge is 2.39. The second kappa shape index (κ2) is 8.33. The summed E-state index contributed by atoms with van der Waals surface area (Å²) in [6.45, 7) is 11.0. The Kier molecular flexibility index (Phi) is 6.28. The molecule has 0 radical (unpaired) electrons. The van der Waals surface area contributed by atoms with Gasteiger partial charge in [0.2, 0.25) is 0 Å². The van der Waals surface area contributed by atoms with Crippen LogP contribution in [0.1, 0.15) is 61.7 Å². The summed E-state index contributed by atoms with van der Waals surface area (Å²) in [5.41, 5.74) is -0.804. The predicted molar refractivity (Wildman–Crippen MR) is 109 cm³/mol. The molecule has 0 spiro atoms. The molecular formula is C22H30F3N3O3. The molecule has 2 aliphatic rings. The molecule has 3 rings (SSSR count). The number of rotatable bonds is 3. The molecule has 172 valence electrons. The normalized spacial score (nSPS) is 20.1. The third-order valence-corrected chi connectivity index (χ3v) is 5.63. The van der Waals surface area contributed by atoms with E-state index in [9.17, 15) is 22.8 Å². The van der Waals surface area contributed by atoms with Crippen molar-refractivity contribution in [2.24, 2.45) is 5.92 Å². The molecule has 1 aromatic carbocycles. The number of halogens is 3. The zero-order valence-corrected chi connectivity index (χ0v) is 18.6. The molecule has 2 amide bonds. The van der Waals surface area contributed by atoms with Gasteiger partial charge in [-0.15, -0.1) is 0 Å². The minimum absolute atomic E-state index is 0.0106. The van der Waals surface area contributed by atoms with Crippen LogP contribution >= 0.6 is 0 Å². The van der Waals surface area contributed by atoms with Gasteiger partial charge in [0.05, 0.1) is 5.56 Å². The zero-order chi connectivity index (χ0) is 23.1. The number of carbonyl (C=O) groups is 2. The Morgan fingerprint density at radius 1 is 1.23 bits per heavy atom. The molecule has 6 nitrogen and oxygen atoms in total. The van der Waals surface area contributed by atoms with Gasteiger partial charge in [-0.25, -0.2) is 4.79 Å². The predicted octanol–water partition coefficient (Wildman–Crippen LogP) is 4.03. The number of benzene rings is 1. The van der Waals surface area contributed by atoms with E-state index in [1.807, 2.05) is 34.6 Å². The summed E-state index contributed by atoms with van der Waals surface area (Å²) in [5.74, 6) is -0.303. The summed E-state index contributed by atoms with van der Waals surface area (Å²) in [4.78, 5) is 28.3. The highest BCUT2D eigenvalue weighted by Crippen LogP contribution is 2.36. The smallest absolute Gasteiger partial charge is 0.416 e. The molecule has 1 unspecified atom stereocenters. The van der Waals surface area contributed by atoms with Crippen molar-refractivity contribution in [2.75, 3.05) is 19.6 Å². The number of nitrogens with zero attached hydrogens (tertiary/aromatic N) is 2. The molecule has 0 saturated carbocycles. The van der Waals surface area contributed by atoms with Gasteiger partial charge in [-0.3, -0.25) is 9.69 Å². The summed E-state index contributed by atoms with van der Waals surface area (Å²) in [6.07, 6.45) is -4.91. The molecule has 9 heteroatoms. The fourth-order valence-corrected chi connectivity index (χ4v) is 4.14. The van der Waals surface area contributed by atoms with Crippen LogP contribution in [-0.2, 0) is 24.0 Å². The van der Waals surface area contributed by atoms with Crippen LogP contribution in [0.4, 0.5) is 18.0 Å². The molecule has 0 bridgehead atoms. The first-order valence-electron chi connectivity index (χ1n) is 10.5. The van der Waals surface area contributed by atoms with E-state index in [-0.39, 0.29) is 42.3 Å². The lowest BCUT2D eigenvalue weighted by atomic mass is 9.96. The average molecular weight is 441 g/mol. The van der Waals surface area contributed by atoms with Crippen molar-refractivity contribution in [2.45, 2.75) is 65.5 Å². The van der Waals surface area contributed by atoms with Gasteiger partial charge < -0.3 is 15.0 Å². The highest BCUT2D eigenvalue weighted by atomic mass is 19.4. The first-order valence-corrected chi connectivity index (χ1v) is 10.5. The second-order valence-corrected chi connectivity index (χ2v) is 9.56. The molecule has 0 aromatic heterocycles. The van der Waals surface area contributed by atoms with E-state index in [2.05, 4.69) is 10.2 Å². The summed E-state index contributed by atoms with van der Waals surface area (Å²) in [6, 6.07) is 2.67. The number of alkyl halides is 3. The molecule has 1 fully saturated rings. The van der Waals surface area contributed by atoms with Crippen molar-refractivity contribution < 1.29 is 27.5 Å². The number of hydrogen-bond donors (Lipinski definition) is 1. The molecule has 2 heterocycles. The van der Waals surface area contributed by atoms with Crippen LogP contribution in [0.3, 0.4) is 0 Å². The van der Waals surface area contributed by atoms with Crippen molar-refractivity contribution in [3.63, 3.8) is 0 Å². The van der Waals surface area contributed by atoms with Gasteiger partial charge in [0.25, 0.3) is 5.91 Å². The van der Waals surface area contributed by atoms with E-state index in [0.29, 0.717) is 25.2 Å². The van der Waals surface area contributed by atoms with E-state index in [1.165, 1.54) is 0 Å². The molecule has 2 aliphatic heterocycles. The number of nitrogens with one attached hydrogen (secondary N) is 1. The maximum atomic E-state index is 13.6. The van der Waals surface area contributed by atoms with Gasteiger partial charge in [0, 0.05) is 44.3 Å². The van der Waals surface area contributed by atoms with Crippen LogP contribution in [0, 0.1) is 5.92 Å². The maximum Gasteiger partial charge on any atom is 0.416 e. The summed E-state index contributed by atoms with van der Waals surface area (Å²) < 4.78 is 46.3. The van der Waals surface area contributed by atoms with Crippen LogP contribution in [0.2, 0.25) is 0 Å². The van der Waals surface area contributed by atoms with E-state index in [1.54, 1.807) is 11.0 Å². The number of amides is 2. The Hall–Kier alpha value is -2.29. The lowest BCUT2D eigenvalue weighted by Gasteiger charge is -2.43. The first kappa shape index (κ1) is 23.4. The van der Waals surface area contributed by atoms with Crippen LogP contribution in [0.15, 0.2) is 12.1 Å². The van der Waals surface area contributed by atoms with Gasteiger partial charge in [-0.1, -0.05) is 13.8 Å². The zero-order valence-electron chi connectivity index (χ0n) is 18.6. The maximum absolute atomic E-state index is 13.6. The topological polar surface area (TPSA) is 61.9 Å². The van der Waals surface area contributed by atoms with E-state index in [4.69, 9.17) is 4.74 Å². The second-order valence-electron chi connectivity index (χ2n) is 9.56. The minimum Gasteiger partial charge on any atom is -0.444 e. The lowest BCUT2D eigenvalue weighted by molar-refractivity contribution is -0.138. The van der Waals surface area contributed by atoms with E-state index >= 15 is 0 Å². The standard InChI is InChI=1S/C22H30F3N3O3/c1-13(2)18-12-28(20(30)31-21(3,4)5)7-6-27(18)11-14-8-15-16(10-26-19(15)29)17(9-14)22(23,24)25/h8-9,13,18H,6-7,10-12H2,1-5H3,(H,26,29). The summed E-state index contributed by atoms with van der Waals surface area (Å²) in [7, 11) is 0. The molecule has 1 atom stereocenters. The van der Waals surface area contributed by atoms with E-state index in [0.717, 1.165) is 6.07 Å². The van der Waals surface area contributed by atoms with Gasteiger partial charge >= 0.3 is 12.3 Å². The number of carbonyl (C=O) groups excluding carboxylic acids is 2. The molecule has 31 heavy (non-hydrogen) atoms. The molecule has 1 N–H and O–H groups in total. The Bertz CT molecular complexity index is 862. The number of hydrogen-bond acceptors (Lipinski definition) is 4. The Balaban J connectivity index is 1.82. The number of fused-ring (bicyclic) bond motifs is 1. The number of ether oxygens (including phenoxy) is 1. The van der Waals surface area contributed by atoms with Crippen LogP contribution in [0.25, 0.3) is 0 Å². The highest BCUT2D eigenvalue weighted by molar-refractivity contribution is 5.99. The average Bonchev–Trinajstić information content (AvgIpc) is 3.00. The van der Waals surface area contributed by atoms with Gasteiger partial charge in [0.15, 0.2) is 0 Å². The Labute approximate surface area is 180 Å². The summed E-state index contributed by atoms with van der Waals surface area (Å²) >= 11 is 0. The lowest BCUT2D eigenvalue weighted by Crippen LogP contribution is -2.56. The van der Waals surface area contributed by atoms with Crippen molar-refractivity contribution >= 4 is 12.0 Å². The fourth-order valence-electron chi connectivity index (χ4n) is 4.14. The molecule has 1 saturated heterocycles. The van der Waals surface area contributed by atoms with Crippen LogP contribution in [0.5, 0.6) is 0 Å². The van der Waals surface area contributed by atoms with Crippen molar-refractivity contribution in [3.05, 3.63) is 34.4 Å². The first-order chi connectivity index (χ1) is 14.3.